The van der Waals surface area contributed by atoms with E-state index >= 15 is 0 Å². The second-order valence-corrected chi connectivity index (χ2v) is 10.8. The lowest BCUT2D eigenvalue weighted by molar-refractivity contribution is 0.128. The van der Waals surface area contributed by atoms with E-state index in [0.29, 0.717) is 29.1 Å². The second-order valence-electron chi connectivity index (χ2n) is 9.49. The average molecular weight is 501 g/mol. The Balaban J connectivity index is 1.46. The van der Waals surface area contributed by atoms with Gasteiger partial charge >= 0.3 is 6.03 Å². The third kappa shape index (κ3) is 6.13. The summed E-state index contributed by atoms with van der Waals surface area (Å²) in [6.45, 7) is 2.85. The van der Waals surface area contributed by atoms with Crippen molar-refractivity contribution in [2.45, 2.75) is 89.7 Å². The van der Waals surface area contributed by atoms with Crippen LogP contribution in [-0.2, 0) is 11.2 Å². The van der Waals surface area contributed by atoms with E-state index in [1.54, 1.807) is 9.80 Å². The minimum absolute atomic E-state index is 0.116. The lowest BCUT2D eigenvalue weighted by atomic mass is 9.90. The van der Waals surface area contributed by atoms with E-state index < -0.39 is 6.23 Å². The van der Waals surface area contributed by atoms with Gasteiger partial charge in [0.05, 0.1) is 0 Å². The molecule has 1 aliphatic heterocycles. The molecule has 2 heterocycles. The summed E-state index contributed by atoms with van der Waals surface area (Å²) in [6, 6.07) is 8.19. The monoisotopic (exact) mass is 500 g/mol. The third-order valence-electron chi connectivity index (χ3n) is 6.85. The highest BCUT2D eigenvalue weighted by Crippen LogP contribution is 2.37. The van der Waals surface area contributed by atoms with Crippen LogP contribution in [0.4, 0.5) is 9.93 Å². The van der Waals surface area contributed by atoms with Crippen molar-refractivity contribution < 1.29 is 9.53 Å². The summed E-state index contributed by atoms with van der Waals surface area (Å²) in [7, 11) is 1.81. The van der Waals surface area contributed by atoms with Crippen molar-refractivity contribution in [3.8, 4) is 0 Å². The maximum Gasteiger partial charge on any atom is 0.329 e. The maximum atomic E-state index is 13.1. The van der Waals surface area contributed by atoms with E-state index in [1.807, 2.05) is 19.2 Å². The molecule has 2 aromatic rings. The van der Waals surface area contributed by atoms with Crippen LogP contribution in [0.3, 0.4) is 0 Å². The van der Waals surface area contributed by atoms with Gasteiger partial charge in [0.2, 0.25) is 5.13 Å². The zero-order chi connectivity index (χ0) is 23.9. The van der Waals surface area contributed by atoms with Crippen LogP contribution >= 0.6 is 23.6 Å². The number of carbonyl (C=O) groups is 1. The number of hydrogen-bond acceptors (Lipinski definition) is 6. The van der Waals surface area contributed by atoms with Crippen LogP contribution in [0.2, 0.25) is 0 Å². The highest BCUT2D eigenvalue weighted by molar-refractivity contribution is 7.80. The van der Waals surface area contributed by atoms with Crippen LogP contribution < -0.4 is 4.90 Å². The zero-order valence-electron chi connectivity index (χ0n) is 20.4. The quantitative estimate of drug-likeness (QED) is 0.284. The molecule has 34 heavy (non-hydrogen) atoms. The van der Waals surface area contributed by atoms with Crippen LogP contribution in [0, 0.1) is 0 Å². The molecular formula is C26H36N4O2S2. The van der Waals surface area contributed by atoms with Gasteiger partial charge in [-0.1, -0.05) is 75.0 Å². The number of carbonyl (C=O) groups excluding carboxylic acids is 1. The van der Waals surface area contributed by atoms with E-state index in [2.05, 4.69) is 29.3 Å². The number of ether oxygens (including phenoxy) is 1. The molecule has 0 radical (unpaired) electrons. The van der Waals surface area contributed by atoms with Crippen LogP contribution in [-0.4, -0.2) is 46.0 Å². The summed E-state index contributed by atoms with van der Waals surface area (Å²) < 4.78 is 6.26. The summed E-state index contributed by atoms with van der Waals surface area (Å²) in [5.41, 5.74) is 2.17. The molecule has 184 valence electrons. The van der Waals surface area contributed by atoms with Gasteiger partial charge in [0.15, 0.2) is 11.3 Å². The van der Waals surface area contributed by atoms with Crippen LogP contribution in [0.5, 0.6) is 0 Å². The second kappa shape index (κ2) is 12.1. The van der Waals surface area contributed by atoms with Crippen molar-refractivity contribution in [2.75, 3.05) is 18.5 Å². The molecule has 2 aliphatic rings. The molecule has 1 aromatic carbocycles. The molecule has 6 nitrogen and oxygen atoms in total. The summed E-state index contributed by atoms with van der Waals surface area (Å²) in [5, 5.41) is 11.0. The summed E-state index contributed by atoms with van der Waals surface area (Å²) in [6.07, 6.45) is 12.3. The van der Waals surface area contributed by atoms with Gasteiger partial charge in [-0.25, -0.2) is 9.69 Å². The van der Waals surface area contributed by atoms with Gasteiger partial charge < -0.3 is 9.64 Å². The predicted molar refractivity (Wildman–Crippen MR) is 142 cm³/mol. The number of unbranched alkanes of at least 4 members (excludes halogenated alkanes) is 3. The molecule has 2 fully saturated rings. The van der Waals surface area contributed by atoms with E-state index in [-0.39, 0.29) is 6.03 Å². The first kappa shape index (κ1) is 25.0. The van der Waals surface area contributed by atoms with Crippen molar-refractivity contribution in [3.63, 3.8) is 0 Å². The molecule has 1 atom stereocenters. The zero-order valence-corrected chi connectivity index (χ0v) is 22.0. The molecule has 0 N–H and O–H groups in total. The Morgan fingerprint density at radius 3 is 2.76 bits per heavy atom. The van der Waals surface area contributed by atoms with E-state index in [4.69, 9.17) is 17.0 Å². The van der Waals surface area contributed by atoms with Crippen molar-refractivity contribution in [1.82, 2.24) is 15.1 Å². The van der Waals surface area contributed by atoms with Gasteiger partial charge in [-0.2, -0.15) is 0 Å². The smallest absolute Gasteiger partial charge is 0.329 e. The third-order valence-corrected chi connectivity index (χ3v) is 8.26. The first-order chi connectivity index (χ1) is 16.6. The van der Waals surface area contributed by atoms with E-state index in [9.17, 15) is 4.79 Å². The molecule has 1 saturated carbocycles. The molecule has 0 spiro atoms. The summed E-state index contributed by atoms with van der Waals surface area (Å²) in [4.78, 5) is 16.5. The topological polar surface area (TPSA) is 58.6 Å². The number of amides is 2. The van der Waals surface area contributed by atoms with E-state index in [0.717, 1.165) is 29.8 Å². The number of benzene rings is 1. The number of hydrogen-bond donors (Lipinski definition) is 0. The minimum Gasteiger partial charge on any atom is -0.459 e. The summed E-state index contributed by atoms with van der Waals surface area (Å²) >= 11 is 7.21. The minimum atomic E-state index is -0.475. The molecule has 8 heteroatoms. The predicted octanol–water partition coefficient (Wildman–Crippen LogP) is 6.69. The fourth-order valence-electron chi connectivity index (χ4n) is 4.79. The Kier molecular flexibility index (Phi) is 8.89. The number of aromatic nitrogens is 2. The Morgan fingerprint density at radius 2 is 1.97 bits per heavy atom. The fraction of sp³-hybridized carbons (Fsp3) is 0.615. The first-order valence-corrected chi connectivity index (χ1v) is 14.0. The normalized spacial score (nSPS) is 19.5. The number of nitrogens with zero attached hydrogens (tertiary/aromatic N) is 4. The Labute approximate surface area is 212 Å². The maximum absolute atomic E-state index is 13.1. The van der Waals surface area contributed by atoms with Crippen LogP contribution in [0.1, 0.15) is 93.2 Å². The lowest BCUT2D eigenvalue weighted by Crippen LogP contribution is -2.54. The van der Waals surface area contributed by atoms with Crippen molar-refractivity contribution in [2.24, 2.45) is 0 Å². The van der Waals surface area contributed by atoms with Gasteiger partial charge in [0.25, 0.3) is 0 Å². The molecule has 2 amide bonds. The van der Waals surface area contributed by atoms with Gasteiger partial charge in [-0.05, 0) is 49.5 Å². The molecule has 1 aromatic heterocycles. The van der Waals surface area contributed by atoms with Gasteiger partial charge in [0.1, 0.15) is 5.01 Å². The molecular weight excluding hydrogens is 464 g/mol. The largest absolute Gasteiger partial charge is 0.459 e. The SMILES string of the molecule is CCCCCCc1cccc(C(=S)OC2CCN(C)C(=O)N2c2nnc(C3CCCCC3)s2)c1. The first-order valence-electron chi connectivity index (χ1n) is 12.7. The number of aryl methyl sites for hydroxylation is 1. The van der Waals surface area contributed by atoms with Gasteiger partial charge in [0, 0.05) is 31.5 Å². The Morgan fingerprint density at radius 1 is 1.15 bits per heavy atom. The molecule has 4 rings (SSSR count). The van der Waals surface area contributed by atoms with Crippen LogP contribution in [0.25, 0.3) is 0 Å². The molecule has 1 saturated heterocycles. The number of rotatable bonds is 9. The molecule has 0 bridgehead atoms. The van der Waals surface area contributed by atoms with Gasteiger partial charge in [-0.3, -0.25) is 0 Å². The standard InChI is InChI=1S/C26H36N4O2S2/c1-3-4-5-7-11-19-12-10-15-21(18-19)24(33)32-22-16-17-29(2)26(31)30(22)25-28-27-23(34-25)20-13-8-6-9-14-20/h10,12,15,18,20,22H,3-9,11,13-14,16-17H2,1-2H3. The van der Waals surface area contributed by atoms with E-state index in [1.165, 1.54) is 61.8 Å². The average Bonchev–Trinajstić information content (AvgIpc) is 3.35. The molecule has 1 aliphatic carbocycles. The van der Waals surface area contributed by atoms with Gasteiger partial charge in [-0.15, -0.1) is 10.2 Å². The number of thiocarbonyl (C=S) groups is 1. The number of urea groups is 1. The Hall–Kier alpha value is -2.06. The summed E-state index contributed by atoms with van der Waals surface area (Å²) in [5.74, 6) is 0.457. The Bertz CT molecular complexity index is 973. The number of anilines is 1. The van der Waals surface area contributed by atoms with Crippen molar-refractivity contribution in [1.29, 1.82) is 0 Å². The fourth-order valence-corrected chi connectivity index (χ4v) is 6.08. The highest BCUT2D eigenvalue weighted by Gasteiger charge is 2.37. The van der Waals surface area contributed by atoms with Crippen molar-refractivity contribution in [3.05, 3.63) is 40.4 Å². The molecule has 1 unspecified atom stereocenters. The highest BCUT2D eigenvalue weighted by atomic mass is 32.1. The lowest BCUT2D eigenvalue weighted by Gasteiger charge is -2.37. The van der Waals surface area contributed by atoms with Crippen molar-refractivity contribution >= 4 is 39.8 Å². The van der Waals surface area contributed by atoms with Crippen LogP contribution in [0.15, 0.2) is 24.3 Å².